The van der Waals surface area contributed by atoms with E-state index < -0.39 is 0 Å². The van der Waals surface area contributed by atoms with Gasteiger partial charge in [-0.15, -0.1) is 0 Å². The number of amides is 1. The fourth-order valence-electron chi connectivity index (χ4n) is 2.97. The monoisotopic (exact) mass is 433 g/mol. The SMILES string of the molecule is O=C(Cn1nc(-c2ccc3ccccc3c2)ccc1=O)Nc1cccc(Br)c1. The highest BCUT2D eigenvalue weighted by Gasteiger charge is 2.09. The largest absolute Gasteiger partial charge is 0.324 e. The standard InChI is InChI=1S/C22H16BrN3O2/c23-18-6-3-7-19(13-18)24-21(27)14-26-22(28)11-10-20(25-26)17-9-8-15-4-1-2-5-16(15)12-17/h1-13H,14H2,(H,24,27). The molecule has 1 heterocycles. The number of hydrogen-bond acceptors (Lipinski definition) is 3. The molecule has 6 heteroatoms. The minimum absolute atomic E-state index is 0.160. The molecule has 3 aromatic carbocycles. The van der Waals surface area contributed by atoms with Crippen LogP contribution in [0.2, 0.25) is 0 Å². The van der Waals surface area contributed by atoms with Crippen molar-refractivity contribution in [3.05, 3.63) is 93.7 Å². The van der Waals surface area contributed by atoms with Crippen LogP contribution in [0.4, 0.5) is 5.69 Å². The number of halogens is 1. The average Bonchev–Trinajstić information content (AvgIpc) is 2.69. The number of nitrogens with one attached hydrogen (secondary N) is 1. The Bertz CT molecular complexity index is 1230. The van der Waals surface area contributed by atoms with E-state index in [2.05, 4.69) is 26.3 Å². The summed E-state index contributed by atoms with van der Waals surface area (Å²) in [6.07, 6.45) is 0. The molecule has 0 aliphatic carbocycles. The first-order valence-electron chi connectivity index (χ1n) is 8.71. The Morgan fingerprint density at radius 1 is 0.929 bits per heavy atom. The molecular formula is C22H16BrN3O2. The van der Waals surface area contributed by atoms with Crippen molar-refractivity contribution >= 4 is 38.3 Å². The highest BCUT2D eigenvalue weighted by molar-refractivity contribution is 9.10. The van der Waals surface area contributed by atoms with Crippen LogP contribution in [0.1, 0.15) is 0 Å². The summed E-state index contributed by atoms with van der Waals surface area (Å²) >= 11 is 3.36. The zero-order chi connectivity index (χ0) is 19.5. The van der Waals surface area contributed by atoms with Crippen LogP contribution in [-0.4, -0.2) is 15.7 Å². The van der Waals surface area contributed by atoms with Crippen LogP contribution in [0.25, 0.3) is 22.0 Å². The third-order valence-corrected chi connectivity index (χ3v) is 4.81. The van der Waals surface area contributed by atoms with Gasteiger partial charge in [0, 0.05) is 21.8 Å². The second kappa shape index (κ2) is 7.78. The van der Waals surface area contributed by atoms with Gasteiger partial charge in [-0.05, 0) is 41.1 Å². The predicted octanol–water partition coefficient (Wildman–Crippen LogP) is 4.46. The molecule has 4 aromatic rings. The van der Waals surface area contributed by atoms with Gasteiger partial charge in [0.25, 0.3) is 5.56 Å². The zero-order valence-corrected chi connectivity index (χ0v) is 16.4. The zero-order valence-electron chi connectivity index (χ0n) is 14.8. The Kier molecular flexibility index (Phi) is 5.04. The molecule has 0 saturated carbocycles. The molecule has 0 unspecified atom stereocenters. The number of carbonyl (C=O) groups excluding carboxylic acids is 1. The van der Waals surface area contributed by atoms with Gasteiger partial charge in [0.2, 0.25) is 5.91 Å². The summed E-state index contributed by atoms with van der Waals surface area (Å²) in [6, 6.07) is 24.4. The normalized spacial score (nSPS) is 10.8. The molecule has 0 saturated heterocycles. The molecule has 0 radical (unpaired) electrons. The second-order valence-electron chi connectivity index (χ2n) is 6.33. The van der Waals surface area contributed by atoms with E-state index in [1.54, 1.807) is 18.2 Å². The number of anilines is 1. The number of benzene rings is 3. The molecule has 4 rings (SSSR count). The second-order valence-corrected chi connectivity index (χ2v) is 7.25. The van der Waals surface area contributed by atoms with E-state index in [1.807, 2.05) is 54.6 Å². The van der Waals surface area contributed by atoms with Gasteiger partial charge >= 0.3 is 0 Å². The fourth-order valence-corrected chi connectivity index (χ4v) is 3.37. The topological polar surface area (TPSA) is 64.0 Å². The number of carbonyl (C=O) groups is 1. The Hall–Kier alpha value is -3.25. The van der Waals surface area contributed by atoms with E-state index in [-0.39, 0.29) is 18.0 Å². The molecule has 0 atom stereocenters. The minimum atomic E-state index is -0.325. The first-order valence-corrected chi connectivity index (χ1v) is 9.50. The third-order valence-electron chi connectivity index (χ3n) is 4.31. The lowest BCUT2D eigenvalue weighted by atomic mass is 10.1. The Morgan fingerprint density at radius 3 is 2.57 bits per heavy atom. The fraction of sp³-hybridized carbons (Fsp3) is 0.0455. The van der Waals surface area contributed by atoms with Gasteiger partial charge in [0.1, 0.15) is 6.54 Å². The quantitative estimate of drug-likeness (QED) is 0.516. The molecule has 0 aliphatic heterocycles. The molecular weight excluding hydrogens is 418 g/mol. The third kappa shape index (κ3) is 4.02. The van der Waals surface area contributed by atoms with E-state index in [0.717, 1.165) is 20.8 Å². The number of nitrogens with zero attached hydrogens (tertiary/aromatic N) is 2. The summed E-state index contributed by atoms with van der Waals surface area (Å²) < 4.78 is 2.04. The molecule has 0 bridgehead atoms. The average molecular weight is 434 g/mol. The van der Waals surface area contributed by atoms with Crippen molar-refractivity contribution in [3.8, 4) is 11.3 Å². The smallest absolute Gasteiger partial charge is 0.267 e. The van der Waals surface area contributed by atoms with Crippen LogP contribution in [0.15, 0.2) is 88.1 Å². The number of rotatable bonds is 4. The number of hydrogen-bond donors (Lipinski definition) is 1. The summed E-state index contributed by atoms with van der Waals surface area (Å²) in [5, 5.41) is 9.38. The Labute approximate surface area is 169 Å². The van der Waals surface area contributed by atoms with Crippen LogP contribution in [-0.2, 0) is 11.3 Å². The molecule has 5 nitrogen and oxygen atoms in total. The summed E-state index contributed by atoms with van der Waals surface area (Å²) in [5.74, 6) is -0.316. The van der Waals surface area contributed by atoms with Gasteiger partial charge in [-0.3, -0.25) is 9.59 Å². The Balaban J connectivity index is 1.59. The van der Waals surface area contributed by atoms with E-state index in [4.69, 9.17) is 0 Å². The first kappa shape index (κ1) is 18.1. The Morgan fingerprint density at radius 2 is 1.75 bits per heavy atom. The van der Waals surface area contributed by atoms with E-state index in [1.165, 1.54) is 10.7 Å². The van der Waals surface area contributed by atoms with Crippen LogP contribution in [0.5, 0.6) is 0 Å². The van der Waals surface area contributed by atoms with Crippen molar-refractivity contribution in [3.63, 3.8) is 0 Å². The van der Waals surface area contributed by atoms with Gasteiger partial charge in [-0.2, -0.15) is 5.10 Å². The highest BCUT2D eigenvalue weighted by Crippen LogP contribution is 2.22. The molecule has 0 fully saturated rings. The van der Waals surface area contributed by atoms with Crippen molar-refractivity contribution < 1.29 is 4.79 Å². The molecule has 138 valence electrons. The van der Waals surface area contributed by atoms with Gasteiger partial charge in [0.05, 0.1) is 5.69 Å². The van der Waals surface area contributed by atoms with Crippen LogP contribution < -0.4 is 10.9 Å². The maximum Gasteiger partial charge on any atom is 0.267 e. The van der Waals surface area contributed by atoms with Crippen LogP contribution in [0.3, 0.4) is 0 Å². The summed E-state index contributed by atoms with van der Waals surface area (Å²) in [4.78, 5) is 24.5. The molecule has 1 N–H and O–H groups in total. The highest BCUT2D eigenvalue weighted by atomic mass is 79.9. The lowest BCUT2D eigenvalue weighted by Gasteiger charge is -2.09. The van der Waals surface area contributed by atoms with Crippen molar-refractivity contribution in [1.29, 1.82) is 0 Å². The maximum atomic E-state index is 12.3. The lowest BCUT2D eigenvalue weighted by molar-refractivity contribution is -0.117. The number of fused-ring (bicyclic) bond motifs is 1. The van der Waals surface area contributed by atoms with Crippen LogP contribution in [0, 0.1) is 0 Å². The summed E-state index contributed by atoms with van der Waals surface area (Å²) in [6.45, 7) is -0.160. The predicted molar refractivity (Wildman–Crippen MR) is 114 cm³/mol. The molecule has 1 amide bonds. The van der Waals surface area contributed by atoms with Crippen LogP contribution >= 0.6 is 15.9 Å². The van der Waals surface area contributed by atoms with Gasteiger partial charge < -0.3 is 5.32 Å². The molecule has 1 aromatic heterocycles. The minimum Gasteiger partial charge on any atom is -0.324 e. The van der Waals surface area contributed by atoms with Crippen molar-refractivity contribution in [2.45, 2.75) is 6.54 Å². The van der Waals surface area contributed by atoms with Crippen molar-refractivity contribution in [2.75, 3.05) is 5.32 Å². The van der Waals surface area contributed by atoms with Gasteiger partial charge in [0.15, 0.2) is 0 Å². The number of aromatic nitrogens is 2. The van der Waals surface area contributed by atoms with Crippen molar-refractivity contribution in [1.82, 2.24) is 9.78 Å². The van der Waals surface area contributed by atoms with Crippen molar-refractivity contribution in [2.24, 2.45) is 0 Å². The first-order chi connectivity index (χ1) is 13.6. The molecule has 28 heavy (non-hydrogen) atoms. The molecule has 0 aliphatic rings. The summed E-state index contributed by atoms with van der Waals surface area (Å²) in [7, 11) is 0. The maximum absolute atomic E-state index is 12.3. The van der Waals surface area contributed by atoms with E-state index >= 15 is 0 Å². The van der Waals surface area contributed by atoms with E-state index in [9.17, 15) is 9.59 Å². The van der Waals surface area contributed by atoms with E-state index in [0.29, 0.717) is 11.4 Å². The lowest BCUT2D eigenvalue weighted by Crippen LogP contribution is -2.29. The summed E-state index contributed by atoms with van der Waals surface area (Å²) in [5.41, 5.74) is 1.85. The van der Waals surface area contributed by atoms with Gasteiger partial charge in [-0.25, -0.2) is 4.68 Å². The molecule has 0 spiro atoms. The van der Waals surface area contributed by atoms with Gasteiger partial charge in [-0.1, -0.05) is 58.4 Å².